The Balaban J connectivity index is 1.66. The molecular formula is C16H20FNO2. The van der Waals surface area contributed by atoms with Crippen molar-refractivity contribution in [2.24, 2.45) is 11.8 Å². The molecule has 20 heavy (non-hydrogen) atoms. The Morgan fingerprint density at radius 1 is 1.20 bits per heavy atom. The number of carbonyl (C=O) groups is 1. The molecule has 3 nitrogen and oxygen atoms in total. The van der Waals surface area contributed by atoms with E-state index in [1.54, 1.807) is 0 Å². The molecule has 0 amide bonds. The van der Waals surface area contributed by atoms with Crippen LogP contribution in [0.1, 0.15) is 36.0 Å². The van der Waals surface area contributed by atoms with Gasteiger partial charge in [-0.2, -0.15) is 0 Å². The SMILES string of the molecule is O=C(CN(CC1CC1)CC1CC1)c1cc(F)ccc1O. The van der Waals surface area contributed by atoms with Gasteiger partial charge >= 0.3 is 0 Å². The van der Waals surface area contributed by atoms with Crippen LogP contribution in [0.25, 0.3) is 0 Å². The van der Waals surface area contributed by atoms with Gasteiger partial charge in [0.15, 0.2) is 5.78 Å². The van der Waals surface area contributed by atoms with E-state index in [9.17, 15) is 14.3 Å². The molecule has 1 N–H and O–H groups in total. The molecule has 1 aromatic carbocycles. The number of phenols is 1. The lowest BCUT2D eigenvalue weighted by Crippen LogP contribution is -2.33. The van der Waals surface area contributed by atoms with Crippen LogP contribution in [-0.4, -0.2) is 35.4 Å². The van der Waals surface area contributed by atoms with Crippen LogP contribution in [0, 0.1) is 17.7 Å². The molecule has 0 spiro atoms. The molecule has 2 fully saturated rings. The van der Waals surface area contributed by atoms with E-state index >= 15 is 0 Å². The topological polar surface area (TPSA) is 40.5 Å². The van der Waals surface area contributed by atoms with Gasteiger partial charge in [-0.1, -0.05) is 0 Å². The van der Waals surface area contributed by atoms with Crippen LogP contribution in [0.15, 0.2) is 18.2 Å². The van der Waals surface area contributed by atoms with Gasteiger partial charge in [-0.15, -0.1) is 0 Å². The van der Waals surface area contributed by atoms with Crippen molar-refractivity contribution < 1.29 is 14.3 Å². The van der Waals surface area contributed by atoms with Crippen molar-refractivity contribution in [2.45, 2.75) is 25.7 Å². The number of hydrogen-bond donors (Lipinski definition) is 1. The summed E-state index contributed by atoms with van der Waals surface area (Å²) in [5.41, 5.74) is 0.0987. The first-order valence-electron chi connectivity index (χ1n) is 7.36. The third-order valence-corrected chi connectivity index (χ3v) is 4.05. The van der Waals surface area contributed by atoms with Gasteiger partial charge in [0.1, 0.15) is 11.6 Å². The number of hydrogen-bond acceptors (Lipinski definition) is 3. The molecule has 0 aromatic heterocycles. The number of halogens is 1. The fourth-order valence-electron chi connectivity index (χ4n) is 2.55. The average Bonchev–Trinajstić information content (AvgIpc) is 3.28. The summed E-state index contributed by atoms with van der Waals surface area (Å²) in [6.45, 7) is 2.20. The summed E-state index contributed by atoms with van der Waals surface area (Å²) in [5, 5.41) is 9.70. The van der Waals surface area contributed by atoms with E-state index < -0.39 is 5.82 Å². The third kappa shape index (κ3) is 3.57. The molecule has 0 aliphatic heterocycles. The van der Waals surface area contributed by atoms with Crippen LogP contribution in [0.5, 0.6) is 5.75 Å². The maximum Gasteiger partial charge on any atom is 0.180 e. The van der Waals surface area contributed by atoms with Crippen LogP contribution < -0.4 is 0 Å². The minimum atomic E-state index is -0.484. The van der Waals surface area contributed by atoms with Crippen LogP contribution in [0.4, 0.5) is 4.39 Å². The van der Waals surface area contributed by atoms with Crippen molar-refractivity contribution in [2.75, 3.05) is 19.6 Å². The molecule has 0 atom stereocenters. The molecule has 0 saturated heterocycles. The van der Waals surface area contributed by atoms with Gasteiger partial charge in [0.05, 0.1) is 12.1 Å². The van der Waals surface area contributed by atoms with Crippen LogP contribution in [0.2, 0.25) is 0 Å². The highest BCUT2D eigenvalue weighted by atomic mass is 19.1. The summed E-state index contributed by atoms with van der Waals surface area (Å²) < 4.78 is 13.2. The molecule has 0 radical (unpaired) electrons. The highest BCUT2D eigenvalue weighted by Crippen LogP contribution is 2.34. The minimum absolute atomic E-state index is 0.0987. The van der Waals surface area contributed by atoms with Crippen molar-refractivity contribution in [1.29, 1.82) is 0 Å². The van der Waals surface area contributed by atoms with Crippen LogP contribution in [-0.2, 0) is 0 Å². The van der Waals surface area contributed by atoms with Gasteiger partial charge in [-0.3, -0.25) is 9.69 Å². The molecule has 4 heteroatoms. The Morgan fingerprint density at radius 2 is 1.80 bits per heavy atom. The number of Topliss-reactive ketones (excluding diaryl/α,β-unsaturated/α-hetero) is 1. The lowest BCUT2D eigenvalue weighted by molar-refractivity contribution is 0.0920. The van der Waals surface area contributed by atoms with E-state index in [1.165, 1.54) is 31.7 Å². The highest BCUT2D eigenvalue weighted by molar-refractivity contribution is 6.00. The summed E-state index contributed by atoms with van der Waals surface area (Å²) in [5.74, 6) is 0.643. The number of nitrogens with zero attached hydrogens (tertiary/aromatic N) is 1. The summed E-state index contributed by atoms with van der Waals surface area (Å²) in [6.07, 6.45) is 5.00. The Morgan fingerprint density at radius 3 is 2.35 bits per heavy atom. The van der Waals surface area contributed by atoms with Crippen molar-refractivity contribution in [3.05, 3.63) is 29.6 Å². The molecule has 108 valence electrons. The van der Waals surface area contributed by atoms with Crippen LogP contribution >= 0.6 is 0 Å². The number of aromatic hydroxyl groups is 1. The quantitative estimate of drug-likeness (QED) is 0.779. The minimum Gasteiger partial charge on any atom is -0.507 e. The molecule has 0 bridgehead atoms. The van der Waals surface area contributed by atoms with E-state index in [4.69, 9.17) is 0 Å². The molecule has 2 aliphatic rings. The fourth-order valence-corrected chi connectivity index (χ4v) is 2.55. The molecule has 2 aliphatic carbocycles. The Kier molecular flexibility index (Phi) is 3.74. The van der Waals surface area contributed by atoms with Gasteiger partial charge < -0.3 is 5.11 Å². The number of benzene rings is 1. The fraction of sp³-hybridized carbons (Fsp3) is 0.562. The standard InChI is InChI=1S/C16H20FNO2/c17-13-5-6-15(19)14(7-13)16(20)10-18(8-11-1-2-11)9-12-3-4-12/h5-7,11-12,19H,1-4,8-10H2. The van der Waals surface area contributed by atoms with E-state index in [1.807, 2.05) is 0 Å². The van der Waals surface area contributed by atoms with E-state index in [0.29, 0.717) is 0 Å². The van der Waals surface area contributed by atoms with E-state index in [0.717, 1.165) is 37.1 Å². The largest absolute Gasteiger partial charge is 0.507 e. The van der Waals surface area contributed by atoms with Gasteiger partial charge in [0, 0.05) is 13.1 Å². The number of phenolic OH excluding ortho intramolecular Hbond substituents is 1. The number of rotatable bonds is 7. The second-order valence-corrected chi connectivity index (χ2v) is 6.17. The first-order valence-corrected chi connectivity index (χ1v) is 7.36. The monoisotopic (exact) mass is 277 g/mol. The van der Waals surface area contributed by atoms with Gasteiger partial charge in [-0.25, -0.2) is 4.39 Å². The van der Waals surface area contributed by atoms with E-state index in [2.05, 4.69) is 4.90 Å². The molecule has 2 saturated carbocycles. The highest BCUT2D eigenvalue weighted by Gasteiger charge is 2.30. The lowest BCUT2D eigenvalue weighted by Gasteiger charge is -2.21. The molecule has 1 aromatic rings. The predicted octanol–water partition coefficient (Wildman–Crippen LogP) is 2.84. The smallest absolute Gasteiger partial charge is 0.180 e. The Bertz CT molecular complexity index is 495. The summed E-state index contributed by atoms with van der Waals surface area (Å²) in [4.78, 5) is 14.4. The number of ketones is 1. The van der Waals surface area contributed by atoms with Crippen LogP contribution in [0.3, 0.4) is 0 Å². The molecule has 3 rings (SSSR count). The zero-order chi connectivity index (χ0) is 14.1. The van der Waals surface area contributed by atoms with Gasteiger partial charge in [0.25, 0.3) is 0 Å². The molecule has 0 heterocycles. The van der Waals surface area contributed by atoms with Crippen molar-refractivity contribution in [3.63, 3.8) is 0 Å². The average molecular weight is 277 g/mol. The van der Waals surface area contributed by atoms with Gasteiger partial charge in [-0.05, 0) is 55.7 Å². The lowest BCUT2D eigenvalue weighted by atomic mass is 10.1. The van der Waals surface area contributed by atoms with Crippen molar-refractivity contribution in [3.8, 4) is 5.75 Å². The second kappa shape index (κ2) is 5.52. The maximum absolute atomic E-state index is 13.2. The van der Waals surface area contributed by atoms with Crippen molar-refractivity contribution in [1.82, 2.24) is 4.90 Å². The Labute approximate surface area is 118 Å². The first kappa shape index (κ1) is 13.6. The normalized spacial score (nSPS) is 18.5. The zero-order valence-electron chi connectivity index (χ0n) is 11.5. The predicted molar refractivity (Wildman–Crippen MR) is 74.3 cm³/mol. The van der Waals surface area contributed by atoms with Crippen molar-refractivity contribution >= 4 is 5.78 Å². The molecule has 0 unspecified atom stereocenters. The van der Waals surface area contributed by atoms with E-state index in [-0.39, 0.29) is 23.6 Å². The second-order valence-electron chi connectivity index (χ2n) is 6.17. The molecular weight excluding hydrogens is 257 g/mol. The van der Waals surface area contributed by atoms with Gasteiger partial charge in [0.2, 0.25) is 0 Å². The summed E-state index contributed by atoms with van der Waals surface area (Å²) in [7, 11) is 0. The summed E-state index contributed by atoms with van der Waals surface area (Å²) in [6, 6.07) is 3.54. The first-order chi connectivity index (χ1) is 9.61. The summed E-state index contributed by atoms with van der Waals surface area (Å²) >= 11 is 0. The third-order valence-electron chi connectivity index (χ3n) is 4.05. The maximum atomic E-state index is 13.2. The Hall–Kier alpha value is -1.42. The zero-order valence-corrected chi connectivity index (χ0v) is 11.5. The number of carbonyl (C=O) groups excluding carboxylic acids is 1.